The average molecular weight is 272 g/mol. The van der Waals surface area contributed by atoms with Crippen LogP contribution in [0.3, 0.4) is 0 Å². The maximum absolute atomic E-state index is 10.3. The van der Waals surface area contributed by atoms with Crippen molar-refractivity contribution in [3.8, 4) is 5.75 Å². The van der Waals surface area contributed by atoms with Crippen LogP contribution < -0.4 is 0 Å². The molecule has 3 aliphatic carbocycles. The molecule has 0 aliphatic heterocycles. The highest BCUT2D eigenvalue weighted by Crippen LogP contribution is 2.57. The van der Waals surface area contributed by atoms with Crippen LogP contribution in [-0.4, -0.2) is 16.3 Å². The molecule has 3 aliphatic rings. The van der Waals surface area contributed by atoms with E-state index in [0.717, 1.165) is 24.7 Å². The highest BCUT2D eigenvalue weighted by atomic mass is 16.3. The molecule has 1 aromatic rings. The molecule has 0 radical (unpaired) electrons. The van der Waals surface area contributed by atoms with E-state index in [0.29, 0.717) is 23.5 Å². The smallest absolute Gasteiger partial charge is 0.115 e. The second kappa shape index (κ2) is 4.49. The lowest BCUT2D eigenvalue weighted by Crippen LogP contribution is -2.41. The van der Waals surface area contributed by atoms with Crippen LogP contribution >= 0.6 is 0 Å². The monoisotopic (exact) mass is 272 g/mol. The molecule has 0 saturated heterocycles. The molecule has 20 heavy (non-hydrogen) atoms. The Morgan fingerprint density at radius 3 is 2.80 bits per heavy atom. The van der Waals surface area contributed by atoms with Gasteiger partial charge in [-0.2, -0.15) is 0 Å². The van der Waals surface area contributed by atoms with Crippen molar-refractivity contribution in [3.05, 3.63) is 29.3 Å². The first-order valence-electron chi connectivity index (χ1n) is 8.15. The van der Waals surface area contributed by atoms with E-state index in [4.69, 9.17) is 0 Å². The first-order valence-corrected chi connectivity index (χ1v) is 8.15. The van der Waals surface area contributed by atoms with E-state index in [1.54, 1.807) is 0 Å². The minimum atomic E-state index is -0.0582. The Labute approximate surface area is 120 Å². The van der Waals surface area contributed by atoms with Gasteiger partial charge >= 0.3 is 0 Å². The molecule has 108 valence electrons. The van der Waals surface area contributed by atoms with Gasteiger partial charge in [-0.3, -0.25) is 0 Å². The second-order valence-corrected chi connectivity index (χ2v) is 7.29. The zero-order valence-corrected chi connectivity index (χ0v) is 12.1. The lowest BCUT2D eigenvalue weighted by Gasteiger charge is -2.47. The Bertz CT molecular complexity index is 524. The molecule has 6 atom stereocenters. The number of aryl methyl sites for hydroxylation is 1. The van der Waals surface area contributed by atoms with Crippen LogP contribution in [0, 0.1) is 23.7 Å². The Kier molecular flexibility index (Phi) is 2.85. The van der Waals surface area contributed by atoms with Gasteiger partial charge in [0.2, 0.25) is 0 Å². The molecule has 2 saturated carbocycles. The Morgan fingerprint density at radius 2 is 1.95 bits per heavy atom. The van der Waals surface area contributed by atoms with Gasteiger partial charge < -0.3 is 10.2 Å². The Balaban J connectivity index is 1.72. The predicted octanol–water partition coefficient (Wildman–Crippen LogP) is 3.47. The van der Waals surface area contributed by atoms with Gasteiger partial charge in [-0.05, 0) is 85.0 Å². The number of rotatable bonds is 0. The van der Waals surface area contributed by atoms with E-state index >= 15 is 0 Å². The molecule has 2 fully saturated rings. The normalized spacial score (nSPS) is 42.7. The van der Waals surface area contributed by atoms with Crippen molar-refractivity contribution < 1.29 is 10.2 Å². The number of fused-ring (bicyclic) bond motifs is 5. The summed E-state index contributed by atoms with van der Waals surface area (Å²) in [6, 6.07) is 5.97. The van der Waals surface area contributed by atoms with Gasteiger partial charge in [-0.1, -0.05) is 13.0 Å². The van der Waals surface area contributed by atoms with Crippen LogP contribution in [0.25, 0.3) is 0 Å². The highest BCUT2D eigenvalue weighted by Gasteiger charge is 2.50. The zero-order chi connectivity index (χ0) is 13.9. The van der Waals surface area contributed by atoms with Gasteiger partial charge in [-0.25, -0.2) is 0 Å². The molecular formula is C18H24O2. The summed E-state index contributed by atoms with van der Waals surface area (Å²) >= 11 is 0. The standard InChI is InChI=1S/C18H24O2/c1-10-8-16-13-5-3-12(19)9-11(13)2-4-14(16)15-6-7-17(20)18(10)15/h3,5,9-10,14-20H,2,4,6-8H2,1H3/t10-,14?,15?,16?,17+,18?/m1/s1. The minimum Gasteiger partial charge on any atom is -0.508 e. The summed E-state index contributed by atoms with van der Waals surface area (Å²) in [4.78, 5) is 0. The lowest BCUT2D eigenvalue weighted by atomic mass is 9.57. The number of phenolic OH excluding ortho intramolecular Hbond substituents is 1. The van der Waals surface area contributed by atoms with Crippen molar-refractivity contribution in [2.45, 2.75) is 51.0 Å². The van der Waals surface area contributed by atoms with E-state index in [1.807, 2.05) is 12.1 Å². The summed E-state index contributed by atoms with van der Waals surface area (Å²) in [6.45, 7) is 2.33. The lowest BCUT2D eigenvalue weighted by molar-refractivity contribution is 0.0187. The summed E-state index contributed by atoms with van der Waals surface area (Å²) in [5.74, 6) is 3.70. The van der Waals surface area contributed by atoms with Gasteiger partial charge in [0.1, 0.15) is 5.75 Å². The molecule has 2 nitrogen and oxygen atoms in total. The van der Waals surface area contributed by atoms with E-state index in [9.17, 15) is 10.2 Å². The van der Waals surface area contributed by atoms with Crippen LogP contribution in [0.2, 0.25) is 0 Å². The number of phenols is 1. The van der Waals surface area contributed by atoms with Crippen LogP contribution in [0.5, 0.6) is 5.75 Å². The molecule has 4 rings (SSSR count). The van der Waals surface area contributed by atoms with Crippen molar-refractivity contribution >= 4 is 0 Å². The summed E-state index contributed by atoms with van der Waals surface area (Å²) in [5, 5.41) is 20.0. The molecular weight excluding hydrogens is 248 g/mol. The fourth-order valence-corrected chi connectivity index (χ4v) is 5.63. The quantitative estimate of drug-likeness (QED) is 0.759. The second-order valence-electron chi connectivity index (χ2n) is 7.29. The summed E-state index contributed by atoms with van der Waals surface area (Å²) < 4.78 is 0. The van der Waals surface area contributed by atoms with E-state index in [-0.39, 0.29) is 6.10 Å². The van der Waals surface area contributed by atoms with Crippen molar-refractivity contribution in [2.75, 3.05) is 0 Å². The maximum Gasteiger partial charge on any atom is 0.115 e. The molecule has 2 heteroatoms. The Morgan fingerprint density at radius 1 is 1.10 bits per heavy atom. The third-order valence-corrected chi connectivity index (χ3v) is 6.36. The topological polar surface area (TPSA) is 40.5 Å². The first kappa shape index (κ1) is 12.7. The summed E-state index contributed by atoms with van der Waals surface area (Å²) in [7, 11) is 0. The average Bonchev–Trinajstić information content (AvgIpc) is 2.81. The Hall–Kier alpha value is -1.02. The summed E-state index contributed by atoms with van der Waals surface area (Å²) in [6.07, 6.45) is 5.70. The van der Waals surface area contributed by atoms with Crippen LogP contribution in [0.1, 0.15) is 49.7 Å². The fraction of sp³-hybridized carbons (Fsp3) is 0.667. The number of hydrogen-bond acceptors (Lipinski definition) is 2. The molecule has 1 aromatic carbocycles. The molecule has 0 bridgehead atoms. The minimum absolute atomic E-state index is 0.0582. The number of aromatic hydroxyl groups is 1. The molecule has 4 unspecified atom stereocenters. The molecule has 0 spiro atoms. The largest absolute Gasteiger partial charge is 0.508 e. The van der Waals surface area contributed by atoms with E-state index in [1.165, 1.54) is 30.4 Å². The van der Waals surface area contributed by atoms with Crippen molar-refractivity contribution in [2.24, 2.45) is 23.7 Å². The van der Waals surface area contributed by atoms with Gasteiger partial charge in [-0.15, -0.1) is 0 Å². The maximum atomic E-state index is 10.3. The first-order chi connectivity index (χ1) is 9.65. The zero-order valence-electron chi connectivity index (χ0n) is 12.1. The molecule has 0 heterocycles. The van der Waals surface area contributed by atoms with E-state index < -0.39 is 0 Å². The molecule has 0 aromatic heterocycles. The molecule has 2 N–H and O–H groups in total. The highest BCUT2D eigenvalue weighted by molar-refractivity contribution is 5.40. The SMILES string of the molecule is C[C@@H]1CC2c3ccc(O)cc3CCC2C2CC[C@H](O)C21. The summed E-state index contributed by atoms with van der Waals surface area (Å²) in [5.41, 5.74) is 2.83. The van der Waals surface area contributed by atoms with Crippen molar-refractivity contribution in [3.63, 3.8) is 0 Å². The van der Waals surface area contributed by atoms with E-state index in [2.05, 4.69) is 13.0 Å². The fourth-order valence-electron chi connectivity index (χ4n) is 5.63. The number of benzene rings is 1. The van der Waals surface area contributed by atoms with Gasteiger partial charge in [0, 0.05) is 0 Å². The van der Waals surface area contributed by atoms with Crippen LogP contribution in [0.4, 0.5) is 0 Å². The van der Waals surface area contributed by atoms with Gasteiger partial charge in [0.25, 0.3) is 0 Å². The van der Waals surface area contributed by atoms with Crippen molar-refractivity contribution in [1.82, 2.24) is 0 Å². The van der Waals surface area contributed by atoms with Gasteiger partial charge in [0.15, 0.2) is 0 Å². The van der Waals surface area contributed by atoms with Crippen molar-refractivity contribution in [1.29, 1.82) is 0 Å². The van der Waals surface area contributed by atoms with Crippen LogP contribution in [-0.2, 0) is 6.42 Å². The number of aliphatic hydroxyl groups excluding tert-OH is 1. The molecule has 0 amide bonds. The van der Waals surface area contributed by atoms with Gasteiger partial charge in [0.05, 0.1) is 6.10 Å². The number of hydrogen-bond donors (Lipinski definition) is 2. The third-order valence-electron chi connectivity index (χ3n) is 6.36. The van der Waals surface area contributed by atoms with Crippen LogP contribution in [0.15, 0.2) is 18.2 Å². The predicted molar refractivity (Wildman–Crippen MR) is 78.7 cm³/mol. The number of aliphatic hydroxyl groups is 1. The third kappa shape index (κ3) is 1.74.